The Morgan fingerprint density at radius 1 is 1.16 bits per heavy atom. The zero-order chi connectivity index (χ0) is 18.8. The van der Waals surface area contributed by atoms with Gasteiger partial charge in [0.25, 0.3) is 5.69 Å². The van der Waals surface area contributed by atoms with E-state index >= 15 is 0 Å². The summed E-state index contributed by atoms with van der Waals surface area (Å²) >= 11 is 5.47. The average Bonchev–Trinajstić information content (AvgIpc) is 2.47. The first-order chi connectivity index (χ1) is 11.5. The highest BCUT2D eigenvalue weighted by atomic mass is 35.5. The van der Waals surface area contributed by atoms with E-state index in [0.717, 1.165) is 18.2 Å². The SMILES string of the molecule is O=[N+]([O-])c1ccccc1CS(=O)(=O)Nc1ccc(Cl)c(C(F)(F)F)c1. The van der Waals surface area contributed by atoms with Gasteiger partial charge in [-0.1, -0.05) is 29.8 Å². The molecule has 2 rings (SSSR count). The zero-order valence-corrected chi connectivity index (χ0v) is 13.8. The van der Waals surface area contributed by atoms with Crippen LogP contribution in [0.4, 0.5) is 24.5 Å². The lowest BCUT2D eigenvalue weighted by atomic mass is 10.2. The molecule has 2 aromatic rings. The molecule has 11 heteroatoms. The molecule has 0 amide bonds. The van der Waals surface area contributed by atoms with Crippen LogP contribution in [-0.4, -0.2) is 13.3 Å². The summed E-state index contributed by atoms with van der Waals surface area (Å²) < 4.78 is 64.7. The van der Waals surface area contributed by atoms with Gasteiger partial charge in [-0.15, -0.1) is 0 Å². The second-order valence-electron chi connectivity index (χ2n) is 4.94. The molecule has 0 aliphatic heterocycles. The fraction of sp³-hybridized carbons (Fsp3) is 0.143. The lowest BCUT2D eigenvalue weighted by molar-refractivity contribution is -0.385. The van der Waals surface area contributed by atoms with Crippen molar-refractivity contribution in [2.75, 3.05) is 4.72 Å². The number of nitrogens with one attached hydrogen (secondary N) is 1. The summed E-state index contributed by atoms with van der Waals surface area (Å²) in [4.78, 5) is 10.2. The summed E-state index contributed by atoms with van der Waals surface area (Å²) in [5.41, 5.74) is -2.04. The summed E-state index contributed by atoms with van der Waals surface area (Å²) in [5, 5.41) is 10.3. The van der Waals surface area contributed by atoms with Gasteiger partial charge >= 0.3 is 6.18 Å². The molecule has 0 aliphatic carbocycles. The van der Waals surface area contributed by atoms with Crippen molar-refractivity contribution in [2.45, 2.75) is 11.9 Å². The molecule has 0 radical (unpaired) electrons. The number of alkyl halides is 3. The van der Waals surface area contributed by atoms with E-state index in [9.17, 15) is 31.7 Å². The number of hydrogen-bond donors (Lipinski definition) is 1. The van der Waals surface area contributed by atoms with E-state index in [0.29, 0.717) is 6.07 Å². The minimum Gasteiger partial charge on any atom is -0.283 e. The highest BCUT2D eigenvalue weighted by molar-refractivity contribution is 7.91. The third kappa shape index (κ3) is 4.83. The highest BCUT2D eigenvalue weighted by Gasteiger charge is 2.33. The van der Waals surface area contributed by atoms with Crippen molar-refractivity contribution in [3.8, 4) is 0 Å². The topological polar surface area (TPSA) is 89.3 Å². The number of sulfonamides is 1. The highest BCUT2D eigenvalue weighted by Crippen LogP contribution is 2.36. The minimum absolute atomic E-state index is 0.0926. The van der Waals surface area contributed by atoms with Crippen LogP contribution in [-0.2, 0) is 22.0 Å². The Balaban J connectivity index is 2.30. The van der Waals surface area contributed by atoms with Gasteiger partial charge in [0, 0.05) is 17.3 Å². The number of halogens is 4. The van der Waals surface area contributed by atoms with Crippen LogP contribution >= 0.6 is 11.6 Å². The first-order valence-electron chi connectivity index (χ1n) is 6.59. The van der Waals surface area contributed by atoms with Crippen molar-refractivity contribution in [1.29, 1.82) is 0 Å². The van der Waals surface area contributed by atoms with Crippen LogP contribution < -0.4 is 4.72 Å². The normalized spacial score (nSPS) is 12.0. The van der Waals surface area contributed by atoms with Crippen molar-refractivity contribution in [1.82, 2.24) is 0 Å². The molecule has 25 heavy (non-hydrogen) atoms. The Morgan fingerprint density at radius 2 is 1.80 bits per heavy atom. The molecule has 0 fully saturated rings. The molecule has 0 heterocycles. The van der Waals surface area contributed by atoms with Crippen LogP contribution in [0.1, 0.15) is 11.1 Å². The van der Waals surface area contributed by atoms with Crippen molar-refractivity contribution in [3.05, 3.63) is 68.7 Å². The predicted molar refractivity (Wildman–Crippen MR) is 85.8 cm³/mol. The molecular weight excluding hydrogens is 385 g/mol. The van der Waals surface area contributed by atoms with E-state index < -0.39 is 43.1 Å². The minimum atomic E-state index is -4.75. The Kier molecular flexibility index (Phi) is 5.23. The maximum Gasteiger partial charge on any atom is 0.417 e. The molecule has 0 spiro atoms. The number of benzene rings is 2. The van der Waals surface area contributed by atoms with Crippen LogP contribution in [0.25, 0.3) is 0 Å². The van der Waals surface area contributed by atoms with E-state index in [-0.39, 0.29) is 11.3 Å². The van der Waals surface area contributed by atoms with Crippen molar-refractivity contribution in [2.24, 2.45) is 0 Å². The Labute approximate surface area is 145 Å². The van der Waals surface area contributed by atoms with E-state index in [4.69, 9.17) is 11.6 Å². The van der Waals surface area contributed by atoms with Gasteiger partial charge < -0.3 is 0 Å². The van der Waals surface area contributed by atoms with Crippen molar-refractivity contribution >= 4 is 33.0 Å². The number of nitro groups is 1. The number of nitro benzene ring substituents is 1. The largest absolute Gasteiger partial charge is 0.417 e. The average molecular weight is 395 g/mol. The van der Waals surface area contributed by atoms with Crippen LogP contribution in [0.15, 0.2) is 42.5 Å². The summed E-state index contributed by atoms with van der Waals surface area (Å²) in [6.45, 7) is 0. The maximum atomic E-state index is 12.8. The molecule has 0 saturated heterocycles. The Morgan fingerprint density at radius 3 is 2.40 bits per heavy atom. The summed E-state index contributed by atoms with van der Waals surface area (Å²) in [6, 6.07) is 7.70. The lowest BCUT2D eigenvalue weighted by Gasteiger charge is -2.13. The number of para-hydroxylation sites is 1. The van der Waals surface area contributed by atoms with Gasteiger partial charge in [0.1, 0.15) is 5.75 Å². The van der Waals surface area contributed by atoms with E-state index in [1.807, 2.05) is 4.72 Å². The number of nitrogens with zero attached hydrogens (tertiary/aromatic N) is 1. The van der Waals surface area contributed by atoms with Crippen LogP contribution in [0.3, 0.4) is 0 Å². The molecule has 2 aromatic carbocycles. The lowest BCUT2D eigenvalue weighted by Crippen LogP contribution is -2.16. The molecule has 1 N–H and O–H groups in total. The van der Waals surface area contributed by atoms with Gasteiger partial charge in [0.05, 0.1) is 15.5 Å². The zero-order valence-electron chi connectivity index (χ0n) is 12.2. The smallest absolute Gasteiger partial charge is 0.283 e. The van der Waals surface area contributed by atoms with Gasteiger partial charge in [-0.05, 0) is 18.2 Å². The second kappa shape index (κ2) is 6.89. The third-order valence-corrected chi connectivity index (χ3v) is 4.65. The van der Waals surface area contributed by atoms with Gasteiger partial charge in [-0.25, -0.2) is 8.42 Å². The monoisotopic (exact) mass is 394 g/mol. The molecule has 6 nitrogen and oxygen atoms in total. The molecule has 0 bridgehead atoms. The fourth-order valence-electron chi connectivity index (χ4n) is 2.04. The molecule has 134 valence electrons. The van der Waals surface area contributed by atoms with Gasteiger partial charge in [0.2, 0.25) is 10.0 Å². The molecule has 0 atom stereocenters. The van der Waals surface area contributed by atoms with E-state index in [1.165, 1.54) is 18.2 Å². The van der Waals surface area contributed by atoms with Crippen molar-refractivity contribution in [3.63, 3.8) is 0 Å². The van der Waals surface area contributed by atoms with Gasteiger partial charge in [-0.3, -0.25) is 14.8 Å². The molecular formula is C14H10ClF3N2O4S. The fourth-order valence-corrected chi connectivity index (χ4v) is 3.47. The number of hydrogen-bond acceptors (Lipinski definition) is 4. The first-order valence-corrected chi connectivity index (χ1v) is 8.62. The first kappa shape index (κ1) is 19.0. The van der Waals surface area contributed by atoms with Crippen LogP contribution in [0.2, 0.25) is 5.02 Å². The molecule has 0 unspecified atom stereocenters. The summed E-state index contributed by atoms with van der Waals surface area (Å²) in [6.07, 6.45) is -4.75. The van der Waals surface area contributed by atoms with Crippen LogP contribution in [0, 0.1) is 10.1 Å². The number of rotatable bonds is 5. The second-order valence-corrected chi connectivity index (χ2v) is 7.07. The third-order valence-electron chi connectivity index (χ3n) is 3.08. The molecule has 0 saturated carbocycles. The quantitative estimate of drug-likeness (QED) is 0.607. The molecule has 0 aromatic heterocycles. The van der Waals surface area contributed by atoms with Gasteiger partial charge in [-0.2, -0.15) is 13.2 Å². The summed E-state index contributed by atoms with van der Waals surface area (Å²) in [7, 11) is -4.18. The summed E-state index contributed by atoms with van der Waals surface area (Å²) in [5.74, 6) is -0.770. The Bertz CT molecular complexity index is 917. The maximum absolute atomic E-state index is 12.8. The predicted octanol–water partition coefficient (Wildman–Crippen LogP) is 4.21. The van der Waals surface area contributed by atoms with Crippen molar-refractivity contribution < 1.29 is 26.5 Å². The van der Waals surface area contributed by atoms with E-state index in [2.05, 4.69) is 0 Å². The van der Waals surface area contributed by atoms with Gasteiger partial charge in [0.15, 0.2) is 0 Å². The molecule has 0 aliphatic rings. The van der Waals surface area contributed by atoms with E-state index in [1.54, 1.807) is 0 Å². The number of anilines is 1. The Hall–Kier alpha value is -2.33. The standard InChI is InChI=1S/C14H10ClF3N2O4S/c15-12-6-5-10(7-11(12)14(16,17)18)19-25(23,24)8-9-3-1-2-4-13(9)20(21)22/h1-7,19H,8H2. The van der Waals surface area contributed by atoms with Crippen LogP contribution in [0.5, 0.6) is 0 Å².